The summed E-state index contributed by atoms with van der Waals surface area (Å²) in [6, 6.07) is 9.82. The zero-order valence-electron chi connectivity index (χ0n) is 11.8. The number of benzene rings is 1. The molecule has 0 atom stereocenters. The third-order valence-electron chi connectivity index (χ3n) is 3.69. The molecule has 2 aromatic heterocycles. The molecule has 0 fully saturated rings. The molecule has 0 aliphatic carbocycles. The summed E-state index contributed by atoms with van der Waals surface area (Å²) in [6.07, 6.45) is 2.73. The maximum Gasteiger partial charge on any atom is 0.168 e. The van der Waals surface area contributed by atoms with Crippen LogP contribution in [-0.2, 0) is 6.42 Å². The largest absolute Gasteiger partial charge is 0.487 e. The number of halogens is 1. The molecule has 1 aromatic carbocycles. The summed E-state index contributed by atoms with van der Waals surface area (Å²) in [5.74, 6) is 1.75. The number of hydrogen-bond donors (Lipinski definition) is 0. The maximum absolute atomic E-state index is 6.07. The van der Waals surface area contributed by atoms with Gasteiger partial charge in [0.05, 0.1) is 5.02 Å². The van der Waals surface area contributed by atoms with Crippen molar-refractivity contribution in [3.05, 3.63) is 47.1 Å². The first-order valence-corrected chi connectivity index (χ1v) is 7.22. The standard InChI is InChI=1S/C16H14ClN3O/c1-16(2)8-11-7-10(3-5-13(11)21-16)15-19-18-14-6-4-12(17)9-20(14)15/h3-7,9H,8H2,1-2H3. The van der Waals surface area contributed by atoms with Crippen LogP contribution in [0.5, 0.6) is 5.75 Å². The number of fused-ring (bicyclic) bond motifs is 2. The first kappa shape index (κ1) is 12.7. The van der Waals surface area contributed by atoms with Gasteiger partial charge in [0.1, 0.15) is 11.4 Å². The van der Waals surface area contributed by atoms with E-state index in [9.17, 15) is 0 Å². The molecule has 5 heteroatoms. The van der Waals surface area contributed by atoms with Gasteiger partial charge in [-0.05, 0) is 49.7 Å². The fourth-order valence-electron chi connectivity index (χ4n) is 2.81. The van der Waals surface area contributed by atoms with Crippen LogP contribution < -0.4 is 4.74 Å². The SMILES string of the molecule is CC1(C)Cc2cc(-c3nnc4ccc(Cl)cn34)ccc2O1. The average molecular weight is 300 g/mol. The predicted molar refractivity (Wildman–Crippen MR) is 81.8 cm³/mol. The summed E-state index contributed by atoms with van der Waals surface area (Å²) in [5.41, 5.74) is 2.87. The minimum Gasteiger partial charge on any atom is -0.487 e. The van der Waals surface area contributed by atoms with E-state index in [2.05, 4.69) is 30.1 Å². The van der Waals surface area contributed by atoms with Crippen molar-refractivity contribution in [2.45, 2.75) is 25.9 Å². The lowest BCUT2D eigenvalue weighted by Gasteiger charge is -2.16. The van der Waals surface area contributed by atoms with Crippen LogP contribution in [0.3, 0.4) is 0 Å². The number of ether oxygens (including phenoxy) is 1. The Morgan fingerprint density at radius 2 is 2.05 bits per heavy atom. The van der Waals surface area contributed by atoms with E-state index in [0.29, 0.717) is 5.02 Å². The van der Waals surface area contributed by atoms with Gasteiger partial charge in [-0.2, -0.15) is 0 Å². The molecule has 3 aromatic rings. The van der Waals surface area contributed by atoms with E-state index in [-0.39, 0.29) is 5.60 Å². The highest BCUT2D eigenvalue weighted by Gasteiger charge is 2.30. The number of hydrogen-bond acceptors (Lipinski definition) is 3. The monoisotopic (exact) mass is 299 g/mol. The van der Waals surface area contributed by atoms with Crippen LogP contribution >= 0.6 is 11.6 Å². The number of pyridine rings is 1. The second-order valence-corrected chi connectivity index (χ2v) is 6.40. The number of rotatable bonds is 1. The average Bonchev–Trinajstić information content (AvgIpc) is 2.96. The van der Waals surface area contributed by atoms with Gasteiger partial charge in [-0.25, -0.2) is 0 Å². The van der Waals surface area contributed by atoms with Crippen molar-refractivity contribution in [1.29, 1.82) is 0 Å². The first-order chi connectivity index (χ1) is 10.0. The molecule has 0 N–H and O–H groups in total. The van der Waals surface area contributed by atoms with Gasteiger partial charge in [-0.15, -0.1) is 10.2 Å². The molecule has 0 saturated carbocycles. The fourth-order valence-corrected chi connectivity index (χ4v) is 2.97. The lowest BCUT2D eigenvalue weighted by Crippen LogP contribution is -2.24. The normalized spacial score (nSPS) is 16.0. The van der Waals surface area contributed by atoms with E-state index < -0.39 is 0 Å². The van der Waals surface area contributed by atoms with Crippen molar-refractivity contribution in [2.24, 2.45) is 0 Å². The fraction of sp³-hybridized carbons (Fsp3) is 0.250. The van der Waals surface area contributed by atoms with Crippen LogP contribution in [-0.4, -0.2) is 20.2 Å². The van der Waals surface area contributed by atoms with Gasteiger partial charge >= 0.3 is 0 Å². The molecule has 1 aliphatic heterocycles. The van der Waals surface area contributed by atoms with Crippen LogP contribution in [0.2, 0.25) is 5.02 Å². The topological polar surface area (TPSA) is 39.4 Å². The Morgan fingerprint density at radius 1 is 1.19 bits per heavy atom. The smallest absolute Gasteiger partial charge is 0.168 e. The van der Waals surface area contributed by atoms with Gasteiger partial charge in [0.2, 0.25) is 0 Å². The van der Waals surface area contributed by atoms with Crippen LogP contribution in [0.25, 0.3) is 17.0 Å². The lowest BCUT2D eigenvalue weighted by molar-refractivity contribution is 0.138. The molecular weight excluding hydrogens is 286 g/mol. The minimum atomic E-state index is -0.142. The Balaban J connectivity index is 1.85. The van der Waals surface area contributed by atoms with Crippen molar-refractivity contribution in [3.63, 3.8) is 0 Å². The number of nitrogens with zero attached hydrogens (tertiary/aromatic N) is 3. The van der Waals surface area contributed by atoms with Crippen molar-refractivity contribution in [3.8, 4) is 17.1 Å². The third-order valence-corrected chi connectivity index (χ3v) is 3.91. The second-order valence-electron chi connectivity index (χ2n) is 5.96. The van der Waals surface area contributed by atoms with Crippen LogP contribution in [0.1, 0.15) is 19.4 Å². The molecule has 3 heterocycles. The highest BCUT2D eigenvalue weighted by molar-refractivity contribution is 6.30. The van der Waals surface area contributed by atoms with E-state index in [1.54, 1.807) is 0 Å². The molecular formula is C16H14ClN3O. The van der Waals surface area contributed by atoms with Crippen LogP contribution in [0.15, 0.2) is 36.5 Å². The van der Waals surface area contributed by atoms with Gasteiger partial charge in [0.15, 0.2) is 11.5 Å². The van der Waals surface area contributed by atoms with E-state index in [1.165, 1.54) is 5.56 Å². The highest BCUT2D eigenvalue weighted by Crippen LogP contribution is 2.37. The van der Waals surface area contributed by atoms with Gasteiger partial charge in [-0.3, -0.25) is 4.40 Å². The Hall–Kier alpha value is -2.07. The zero-order valence-corrected chi connectivity index (χ0v) is 12.6. The summed E-state index contributed by atoms with van der Waals surface area (Å²) in [4.78, 5) is 0. The Kier molecular flexibility index (Phi) is 2.54. The molecule has 1 aliphatic rings. The van der Waals surface area contributed by atoms with E-state index in [4.69, 9.17) is 16.3 Å². The Morgan fingerprint density at radius 3 is 2.90 bits per heavy atom. The summed E-state index contributed by atoms with van der Waals surface area (Å²) >= 11 is 6.07. The van der Waals surface area contributed by atoms with Gasteiger partial charge in [0.25, 0.3) is 0 Å². The van der Waals surface area contributed by atoms with Crippen molar-refractivity contribution in [2.75, 3.05) is 0 Å². The Labute approximate surface area is 127 Å². The van der Waals surface area contributed by atoms with Crippen LogP contribution in [0, 0.1) is 0 Å². The molecule has 4 nitrogen and oxygen atoms in total. The quantitative estimate of drug-likeness (QED) is 0.687. The maximum atomic E-state index is 6.07. The van der Waals surface area contributed by atoms with Crippen LogP contribution in [0.4, 0.5) is 0 Å². The van der Waals surface area contributed by atoms with Crippen molar-refractivity contribution >= 4 is 17.2 Å². The van der Waals surface area contributed by atoms with Gasteiger partial charge in [0, 0.05) is 18.2 Å². The highest BCUT2D eigenvalue weighted by atomic mass is 35.5. The lowest BCUT2D eigenvalue weighted by atomic mass is 10.00. The van der Waals surface area contributed by atoms with E-state index >= 15 is 0 Å². The molecule has 106 valence electrons. The van der Waals surface area contributed by atoms with Gasteiger partial charge in [-0.1, -0.05) is 11.6 Å². The molecule has 0 radical (unpaired) electrons. The molecule has 4 rings (SSSR count). The molecule has 0 unspecified atom stereocenters. The summed E-state index contributed by atoms with van der Waals surface area (Å²) < 4.78 is 7.82. The number of aromatic nitrogens is 3. The van der Waals surface area contributed by atoms with Crippen molar-refractivity contribution in [1.82, 2.24) is 14.6 Å². The molecule has 0 amide bonds. The second kappa shape index (κ2) is 4.21. The molecule has 0 saturated heterocycles. The van der Waals surface area contributed by atoms with E-state index in [0.717, 1.165) is 29.2 Å². The molecule has 0 spiro atoms. The van der Waals surface area contributed by atoms with E-state index in [1.807, 2.05) is 34.9 Å². The molecule has 0 bridgehead atoms. The van der Waals surface area contributed by atoms with Gasteiger partial charge < -0.3 is 4.74 Å². The summed E-state index contributed by atoms with van der Waals surface area (Å²) in [7, 11) is 0. The zero-order chi connectivity index (χ0) is 14.6. The summed E-state index contributed by atoms with van der Waals surface area (Å²) in [6.45, 7) is 4.19. The Bertz CT molecular complexity index is 854. The first-order valence-electron chi connectivity index (χ1n) is 6.84. The third kappa shape index (κ3) is 2.07. The minimum absolute atomic E-state index is 0.142. The molecule has 21 heavy (non-hydrogen) atoms. The predicted octanol–water partition coefficient (Wildman–Crippen LogP) is 3.76. The van der Waals surface area contributed by atoms with Crippen molar-refractivity contribution < 1.29 is 4.74 Å². The summed E-state index contributed by atoms with van der Waals surface area (Å²) in [5, 5.41) is 9.12.